The molecule has 0 aliphatic heterocycles. The van der Waals surface area contributed by atoms with Gasteiger partial charge in [-0.25, -0.2) is 13.8 Å². The average Bonchev–Trinajstić information content (AvgIpc) is 2.77. The molecule has 0 aliphatic rings. The van der Waals surface area contributed by atoms with E-state index in [4.69, 9.17) is 11.6 Å². The molecule has 1 heterocycles. The third-order valence-corrected chi connectivity index (χ3v) is 4.03. The smallest absolute Gasteiger partial charge is 0.188 e. The minimum absolute atomic E-state index is 0.0678. The van der Waals surface area contributed by atoms with Crippen molar-refractivity contribution in [3.63, 3.8) is 0 Å². The molecule has 0 bridgehead atoms. The lowest BCUT2D eigenvalue weighted by molar-refractivity contribution is 0.595. The molecule has 0 unspecified atom stereocenters. The largest absolute Gasteiger partial charge is 0.329 e. The van der Waals surface area contributed by atoms with Crippen molar-refractivity contribution in [1.29, 1.82) is 0 Å². The zero-order chi connectivity index (χ0) is 14.3. The van der Waals surface area contributed by atoms with Crippen LogP contribution in [0.2, 0.25) is 5.02 Å². The van der Waals surface area contributed by atoms with Crippen LogP contribution >= 0.6 is 22.9 Å². The summed E-state index contributed by atoms with van der Waals surface area (Å²) in [4.78, 5) is 4.30. The van der Waals surface area contributed by atoms with Crippen molar-refractivity contribution in [1.82, 2.24) is 4.98 Å². The quantitative estimate of drug-likeness (QED) is 0.696. The Morgan fingerprint density at radius 3 is 2.75 bits per heavy atom. The van der Waals surface area contributed by atoms with E-state index in [1.165, 1.54) is 18.3 Å². The second-order valence-corrected chi connectivity index (χ2v) is 5.80. The van der Waals surface area contributed by atoms with Crippen LogP contribution in [0.1, 0.15) is 5.56 Å². The molecule has 0 saturated heterocycles. The number of fused-ring (bicyclic) bond motifs is 1. The molecule has 20 heavy (non-hydrogen) atoms. The highest BCUT2D eigenvalue weighted by atomic mass is 35.5. The van der Waals surface area contributed by atoms with E-state index in [9.17, 15) is 8.78 Å². The van der Waals surface area contributed by atoms with Crippen molar-refractivity contribution in [2.45, 2.75) is 6.92 Å². The number of benzene rings is 2. The highest BCUT2D eigenvalue weighted by Gasteiger charge is 2.10. The van der Waals surface area contributed by atoms with E-state index >= 15 is 0 Å². The third-order valence-electron chi connectivity index (χ3n) is 2.84. The third kappa shape index (κ3) is 2.46. The molecule has 3 rings (SSSR count). The first-order valence-electron chi connectivity index (χ1n) is 5.82. The number of thiazole rings is 1. The molecule has 0 amide bonds. The van der Waals surface area contributed by atoms with E-state index < -0.39 is 11.6 Å². The average molecular weight is 311 g/mol. The van der Waals surface area contributed by atoms with Gasteiger partial charge in [0.05, 0.1) is 15.9 Å². The first-order valence-corrected chi connectivity index (χ1v) is 7.01. The fourth-order valence-corrected chi connectivity index (χ4v) is 2.84. The summed E-state index contributed by atoms with van der Waals surface area (Å²) in [5.41, 5.74) is 1.06. The van der Waals surface area contributed by atoms with E-state index in [1.54, 1.807) is 12.1 Å². The van der Waals surface area contributed by atoms with Gasteiger partial charge in [-0.15, -0.1) is 0 Å². The highest BCUT2D eigenvalue weighted by Crippen LogP contribution is 2.31. The molecule has 3 aromatic rings. The summed E-state index contributed by atoms with van der Waals surface area (Å²) in [6.07, 6.45) is 0. The predicted octanol–water partition coefficient (Wildman–Crippen LogP) is 5.28. The van der Waals surface area contributed by atoms with Crippen LogP contribution in [0.3, 0.4) is 0 Å². The molecule has 0 saturated carbocycles. The van der Waals surface area contributed by atoms with E-state index in [1.807, 2.05) is 6.07 Å². The Labute approximate surface area is 123 Å². The number of halogens is 3. The summed E-state index contributed by atoms with van der Waals surface area (Å²) in [6.45, 7) is 1.52. The molecule has 0 radical (unpaired) electrons. The van der Waals surface area contributed by atoms with E-state index in [-0.39, 0.29) is 11.3 Å². The van der Waals surface area contributed by atoms with Gasteiger partial charge in [0.25, 0.3) is 0 Å². The van der Waals surface area contributed by atoms with Crippen molar-refractivity contribution in [2.75, 3.05) is 5.32 Å². The van der Waals surface area contributed by atoms with E-state index in [2.05, 4.69) is 10.3 Å². The molecular formula is C14H9ClF2N2S. The molecular weight excluding hydrogens is 302 g/mol. The van der Waals surface area contributed by atoms with Gasteiger partial charge in [-0.3, -0.25) is 0 Å². The Balaban J connectivity index is 1.99. The number of aromatic nitrogens is 1. The van der Waals surface area contributed by atoms with Gasteiger partial charge < -0.3 is 5.32 Å². The molecule has 2 aromatic carbocycles. The molecule has 0 spiro atoms. The summed E-state index contributed by atoms with van der Waals surface area (Å²) in [7, 11) is 0. The molecule has 6 heteroatoms. The van der Waals surface area contributed by atoms with E-state index in [0.717, 1.165) is 22.3 Å². The molecule has 0 fully saturated rings. The van der Waals surface area contributed by atoms with Gasteiger partial charge in [0.1, 0.15) is 11.6 Å². The number of hydrogen-bond acceptors (Lipinski definition) is 3. The molecule has 102 valence electrons. The fraction of sp³-hybridized carbons (Fsp3) is 0.0714. The van der Waals surface area contributed by atoms with Gasteiger partial charge in [-0.2, -0.15) is 0 Å². The molecule has 2 nitrogen and oxygen atoms in total. The van der Waals surface area contributed by atoms with Gasteiger partial charge in [-0.05, 0) is 36.8 Å². The number of rotatable bonds is 2. The second-order valence-electron chi connectivity index (χ2n) is 4.34. The van der Waals surface area contributed by atoms with Crippen LogP contribution in [0.25, 0.3) is 10.2 Å². The van der Waals surface area contributed by atoms with Crippen LogP contribution in [-0.4, -0.2) is 4.98 Å². The maximum atomic E-state index is 13.8. The number of hydrogen-bond donors (Lipinski definition) is 1. The summed E-state index contributed by atoms with van der Waals surface area (Å²) in [6, 6.07) is 7.61. The van der Waals surface area contributed by atoms with Crippen LogP contribution in [0, 0.1) is 18.6 Å². The maximum Gasteiger partial charge on any atom is 0.188 e. The molecule has 1 N–H and O–H groups in total. The zero-order valence-electron chi connectivity index (χ0n) is 10.4. The van der Waals surface area contributed by atoms with Crippen LogP contribution in [0.5, 0.6) is 0 Å². The van der Waals surface area contributed by atoms with Crippen LogP contribution in [0.4, 0.5) is 19.6 Å². The van der Waals surface area contributed by atoms with E-state index in [0.29, 0.717) is 10.2 Å². The lowest BCUT2D eigenvalue weighted by Crippen LogP contribution is -1.96. The van der Waals surface area contributed by atoms with Gasteiger partial charge in [0.2, 0.25) is 0 Å². The van der Waals surface area contributed by atoms with Crippen LogP contribution in [0.15, 0.2) is 30.3 Å². The second kappa shape index (κ2) is 5.00. The first-order chi connectivity index (χ1) is 9.52. The highest BCUT2D eigenvalue weighted by molar-refractivity contribution is 7.22. The Morgan fingerprint density at radius 1 is 1.15 bits per heavy atom. The lowest BCUT2D eigenvalue weighted by Gasteiger charge is -2.05. The van der Waals surface area contributed by atoms with Gasteiger partial charge >= 0.3 is 0 Å². The lowest BCUT2D eigenvalue weighted by atomic mass is 10.2. The SMILES string of the molecule is Cc1cc(F)c(Nc2nc3cc(Cl)ccc3s2)cc1F. The predicted molar refractivity (Wildman–Crippen MR) is 79.0 cm³/mol. The number of nitrogens with one attached hydrogen (secondary N) is 1. The molecule has 0 aliphatic carbocycles. The Morgan fingerprint density at radius 2 is 1.95 bits per heavy atom. The van der Waals surface area contributed by atoms with Gasteiger partial charge in [0, 0.05) is 11.1 Å². The van der Waals surface area contributed by atoms with Crippen molar-refractivity contribution < 1.29 is 8.78 Å². The maximum absolute atomic E-state index is 13.8. The Bertz CT molecular complexity index is 801. The first kappa shape index (κ1) is 13.3. The van der Waals surface area contributed by atoms with Gasteiger partial charge in [-0.1, -0.05) is 22.9 Å². The summed E-state index contributed by atoms with van der Waals surface area (Å²) < 4.78 is 28.2. The van der Waals surface area contributed by atoms with Crippen LogP contribution in [-0.2, 0) is 0 Å². The number of nitrogens with zero attached hydrogens (tertiary/aromatic N) is 1. The molecule has 1 aromatic heterocycles. The standard InChI is InChI=1S/C14H9ClF2N2S/c1-7-4-10(17)11(6-9(7)16)18-14-19-12-5-8(15)2-3-13(12)20-14/h2-6H,1H3,(H,18,19). The van der Waals surface area contributed by atoms with Crippen LogP contribution < -0.4 is 5.32 Å². The minimum atomic E-state index is -0.513. The summed E-state index contributed by atoms with van der Waals surface area (Å²) in [5.74, 6) is -0.973. The van der Waals surface area contributed by atoms with Gasteiger partial charge in [0.15, 0.2) is 5.13 Å². The number of anilines is 2. The minimum Gasteiger partial charge on any atom is -0.329 e. The fourth-order valence-electron chi connectivity index (χ4n) is 1.81. The topological polar surface area (TPSA) is 24.9 Å². The Kier molecular flexibility index (Phi) is 3.31. The van der Waals surface area contributed by atoms with Crippen molar-refractivity contribution >= 4 is 44.0 Å². The Hall–Kier alpha value is -1.72. The summed E-state index contributed by atoms with van der Waals surface area (Å²) >= 11 is 7.24. The van der Waals surface area contributed by atoms with Crippen molar-refractivity contribution in [3.8, 4) is 0 Å². The zero-order valence-corrected chi connectivity index (χ0v) is 11.9. The molecule has 0 atom stereocenters. The monoisotopic (exact) mass is 310 g/mol. The van der Waals surface area contributed by atoms with Crippen molar-refractivity contribution in [3.05, 3.63) is 52.6 Å². The number of aryl methyl sites for hydroxylation is 1. The van der Waals surface area contributed by atoms with Crippen molar-refractivity contribution in [2.24, 2.45) is 0 Å². The summed E-state index contributed by atoms with van der Waals surface area (Å²) in [5, 5.41) is 3.87. The normalized spacial score (nSPS) is 11.0.